The van der Waals surface area contributed by atoms with Crippen molar-refractivity contribution in [3.05, 3.63) is 22.1 Å². The van der Waals surface area contributed by atoms with Gasteiger partial charge in [0.15, 0.2) is 5.69 Å². The molecule has 7 nitrogen and oxygen atoms in total. The van der Waals surface area contributed by atoms with E-state index in [9.17, 15) is 0 Å². The van der Waals surface area contributed by atoms with Gasteiger partial charge in [0.2, 0.25) is 5.82 Å². The minimum atomic E-state index is 0.350. The summed E-state index contributed by atoms with van der Waals surface area (Å²) in [5.74, 6) is 0.891. The van der Waals surface area contributed by atoms with Crippen LogP contribution in [0.2, 0.25) is 0 Å². The molecule has 3 rings (SSSR count). The maximum atomic E-state index is 5.45. The van der Waals surface area contributed by atoms with E-state index in [1.54, 1.807) is 10.9 Å². The van der Waals surface area contributed by atoms with Gasteiger partial charge in [-0.25, -0.2) is 0 Å². The number of aromatic nitrogens is 5. The molecule has 0 atom stereocenters. The van der Waals surface area contributed by atoms with E-state index in [0.717, 1.165) is 9.35 Å². The fraction of sp³-hybridized carbons (Fsp3) is 0.200. The van der Waals surface area contributed by atoms with Crippen molar-refractivity contribution >= 4 is 27.3 Å². The maximum absolute atomic E-state index is 5.45. The molecule has 0 spiro atoms. The summed E-state index contributed by atoms with van der Waals surface area (Å²) >= 11 is 4.92. The molecule has 0 aliphatic carbocycles. The van der Waals surface area contributed by atoms with Crippen LogP contribution < -0.4 is 5.73 Å². The molecular formula is C10H9BrN6OS. The Kier molecular flexibility index (Phi) is 3.40. The highest BCUT2D eigenvalue weighted by Crippen LogP contribution is 2.28. The molecule has 0 radical (unpaired) electrons. The van der Waals surface area contributed by atoms with Crippen LogP contribution in [0.15, 0.2) is 26.6 Å². The molecule has 9 heteroatoms. The first kappa shape index (κ1) is 12.5. The van der Waals surface area contributed by atoms with Gasteiger partial charge in [0.25, 0.3) is 5.89 Å². The van der Waals surface area contributed by atoms with E-state index < -0.39 is 0 Å². The fourth-order valence-electron chi connectivity index (χ4n) is 1.50. The number of rotatable bonds is 4. The van der Waals surface area contributed by atoms with Crippen LogP contribution >= 0.6 is 27.3 Å². The molecular weight excluding hydrogens is 332 g/mol. The zero-order chi connectivity index (χ0) is 13.2. The second-order valence-electron chi connectivity index (χ2n) is 3.71. The van der Waals surface area contributed by atoms with Crippen LogP contribution in [0.1, 0.15) is 0 Å². The zero-order valence-electron chi connectivity index (χ0n) is 9.65. The van der Waals surface area contributed by atoms with E-state index in [-0.39, 0.29) is 0 Å². The Labute approximate surface area is 120 Å². The third kappa shape index (κ3) is 2.57. The molecule has 0 unspecified atom stereocenters. The van der Waals surface area contributed by atoms with Gasteiger partial charge in [-0.1, -0.05) is 10.4 Å². The predicted octanol–water partition coefficient (Wildman–Crippen LogP) is 1.78. The summed E-state index contributed by atoms with van der Waals surface area (Å²) in [5.41, 5.74) is 5.99. The van der Waals surface area contributed by atoms with Crippen LogP contribution in [-0.4, -0.2) is 31.7 Å². The van der Waals surface area contributed by atoms with E-state index in [1.165, 1.54) is 11.3 Å². The molecule has 0 aromatic carbocycles. The standard InChI is InChI=1S/C10H9BrN6OS/c11-6-3-8(19-5-6)9-13-10(18-15-9)7-4-17(2-1-12)16-14-7/h3-5H,1-2,12H2. The minimum absolute atomic E-state index is 0.350. The van der Waals surface area contributed by atoms with E-state index in [4.69, 9.17) is 10.3 Å². The highest BCUT2D eigenvalue weighted by Gasteiger charge is 2.14. The smallest absolute Gasteiger partial charge is 0.280 e. The first-order valence-corrected chi connectivity index (χ1v) is 7.12. The van der Waals surface area contributed by atoms with Gasteiger partial charge in [-0.3, -0.25) is 4.68 Å². The van der Waals surface area contributed by atoms with Gasteiger partial charge in [0, 0.05) is 16.4 Å². The summed E-state index contributed by atoms with van der Waals surface area (Å²) in [6, 6.07) is 1.94. The molecule has 0 amide bonds. The summed E-state index contributed by atoms with van der Waals surface area (Å²) in [6.45, 7) is 1.10. The zero-order valence-corrected chi connectivity index (χ0v) is 12.1. The van der Waals surface area contributed by atoms with Gasteiger partial charge in [0.1, 0.15) is 0 Å². The van der Waals surface area contributed by atoms with Gasteiger partial charge < -0.3 is 10.3 Å². The third-order valence-corrected chi connectivity index (χ3v) is 4.02. The van der Waals surface area contributed by atoms with Crippen LogP contribution in [0.25, 0.3) is 22.3 Å². The molecule has 0 aliphatic heterocycles. The lowest BCUT2D eigenvalue weighted by atomic mass is 10.4. The fourth-order valence-corrected chi connectivity index (χ4v) is 2.85. The van der Waals surface area contributed by atoms with Crippen LogP contribution in [0, 0.1) is 0 Å². The molecule has 0 saturated carbocycles. The Morgan fingerprint density at radius 2 is 2.37 bits per heavy atom. The number of halogens is 1. The van der Waals surface area contributed by atoms with Crippen LogP contribution in [0.5, 0.6) is 0 Å². The summed E-state index contributed by atoms with van der Waals surface area (Å²) < 4.78 is 7.82. The molecule has 0 saturated heterocycles. The van der Waals surface area contributed by atoms with Crippen molar-refractivity contribution in [2.45, 2.75) is 6.54 Å². The molecule has 0 bridgehead atoms. The molecule has 98 valence electrons. The lowest BCUT2D eigenvalue weighted by Gasteiger charge is -1.91. The predicted molar refractivity (Wildman–Crippen MR) is 73.4 cm³/mol. The largest absolute Gasteiger partial charge is 0.332 e. The Bertz CT molecular complexity index is 690. The Morgan fingerprint density at radius 3 is 3.11 bits per heavy atom. The second-order valence-corrected chi connectivity index (χ2v) is 5.53. The van der Waals surface area contributed by atoms with Crippen LogP contribution in [0.4, 0.5) is 0 Å². The van der Waals surface area contributed by atoms with Crippen molar-refractivity contribution in [2.75, 3.05) is 6.54 Å². The SMILES string of the molecule is NCCn1cc(-c2nc(-c3cc(Br)cs3)no2)nn1. The van der Waals surface area contributed by atoms with Gasteiger partial charge in [-0.15, -0.1) is 16.4 Å². The van der Waals surface area contributed by atoms with Crippen molar-refractivity contribution in [1.82, 2.24) is 25.1 Å². The Hall–Kier alpha value is -1.58. The number of nitrogens with two attached hydrogens (primary N) is 1. The summed E-state index contributed by atoms with van der Waals surface area (Å²) in [5, 5.41) is 13.8. The number of hydrogen-bond acceptors (Lipinski definition) is 7. The van der Waals surface area contributed by atoms with Crippen LogP contribution in [0.3, 0.4) is 0 Å². The van der Waals surface area contributed by atoms with E-state index in [1.807, 2.05) is 11.4 Å². The topological polar surface area (TPSA) is 95.7 Å². The molecule has 3 aromatic rings. The normalized spacial score (nSPS) is 11.1. The molecule has 3 aromatic heterocycles. The van der Waals surface area contributed by atoms with Crippen molar-refractivity contribution in [1.29, 1.82) is 0 Å². The average Bonchev–Trinajstić information content (AvgIpc) is 3.07. The van der Waals surface area contributed by atoms with Crippen molar-refractivity contribution in [3.63, 3.8) is 0 Å². The first-order chi connectivity index (χ1) is 9.26. The first-order valence-electron chi connectivity index (χ1n) is 5.45. The number of nitrogens with zero attached hydrogens (tertiary/aromatic N) is 5. The second kappa shape index (κ2) is 5.19. The lowest BCUT2D eigenvalue weighted by Crippen LogP contribution is -2.10. The van der Waals surface area contributed by atoms with Crippen LogP contribution in [-0.2, 0) is 6.54 Å². The Morgan fingerprint density at radius 1 is 1.47 bits per heavy atom. The third-order valence-electron chi connectivity index (χ3n) is 2.33. The lowest BCUT2D eigenvalue weighted by molar-refractivity contribution is 0.431. The average molecular weight is 341 g/mol. The molecule has 0 aliphatic rings. The molecule has 3 heterocycles. The molecule has 19 heavy (non-hydrogen) atoms. The van der Waals surface area contributed by atoms with E-state index in [0.29, 0.717) is 30.5 Å². The number of thiophene rings is 1. The Balaban J connectivity index is 1.87. The van der Waals surface area contributed by atoms with Gasteiger partial charge in [-0.2, -0.15) is 4.98 Å². The molecule has 0 fully saturated rings. The minimum Gasteiger partial charge on any atom is -0.332 e. The molecule has 2 N–H and O–H groups in total. The van der Waals surface area contributed by atoms with Crippen molar-refractivity contribution < 1.29 is 4.52 Å². The summed E-state index contributed by atoms with van der Waals surface area (Å²) in [6.07, 6.45) is 1.73. The maximum Gasteiger partial charge on any atom is 0.280 e. The van der Waals surface area contributed by atoms with Crippen molar-refractivity contribution in [3.8, 4) is 22.3 Å². The van der Waals surface area contributed by atoms with E-state index >= 15 is 0 Å². The van der Waals surface area contributed by atoms with Gasteiger partial charge >= 0.3 is 0 Å². The highest BCUT2D eigenvalue weighted by atomic mass is 79.9. The van der Waals surface area contributed by atoms with Crippen molar-refractivity contribution in [2.24, 2.45) is 5.73 Å². The monoisotopic (exact) mass is 340 g/mol. The van der Waals surface area contributed by atoms with Gasteiger partial charge in [0.05, 0.1) is 17.6 Å². The van der Waals surface area contributed by atoms with E-state index in [2.05, 4.69) is 36.4 Å². The van der Waals surface area contributed by atoms with Gasteiger partial charge in [-0.05, 0) is 22.0 Å². The summed E-state index contributed by atoms with van der Waals surface area (Å²) in [4.78, 5) is 5.23. The quantitative estimate of drug-likeness (QED) is 0.777. The summed E-state index contributed by atoms with van der Waals surface area (Å²) in [7, 11) is 0. The highest BCUT2D eigenvalue weighted by molar-refractivity contribution is 9.10. The number of hydrogen-bond donors (Lipinski definition) is 1.